The van der Waals surface area contributed by atoms with Crippen LogP contribution in [0, 0.1) is 6.92 Å². The van der Waals surface area contributed by atoms with E-state index in [9.17, 15) is 4.79 Å². The van der Waals surface area contributed by atoms with Crippen molar-refractivity contribution in [3.05, 3.63) is 46.0 Å². The molecule has 0 saturated heterocycles. The van der Waals surface area contributed by atoms with Gasteiger partial charge in [0.15, 0.2) is 0 Å². The molecule has 0 amide bonds. The first-order chi connectivity index (χ1) is 8.99. The molecule has 0 spiro atoms. The number of aromatic carboxylic acids is 1. The molecule has 19 heavy (non-hydrogen) atoms. The molecule has 0 aromatic carbocycles. The number of methoxy groups -OCH3 is 1. The van der Waals surface area contributed by atoms with Crippen LogP contribution < -0.4 is 4.74 Å². The molecule has 2 aromatic heterocycles. The molecule has 0 saturated carbocycles. The molecule has 0 aliphatic rings. The molecule has 2 heterocycles. The van der Waals surface area contributed by atoms with Crippen molar-refractivity contribution in [1.82, 2.24) is 9.55 Å². The zero-order chi connectivity index (χ0) is 14.0. The number of carboxylic acid groups (broad SMARTS) is 1. The summed E-state index contributed by atoms with van der Waals surface area (Å²) in [7, 11) is 1.60. The van der Waals surface area contributed by atoms with Gasteiger partial charge in [-0.2, -0.15) is 0 Å². The quantitative estimate of drug-likeness (QED) is 0.939. The van der Waals surface area contributed by atoms with Gasteiger partial charge in [-0.1, -0.05) is 0 Å². The zero-order valence-corrected chi connectivity index (χ0v) is 12.1. The van der Waals surface area contributed by atoms with Crippen LogP contribution in [0.3, 0.4) is 0 Å². The van der Waals surface area contributed by atoms with Crippen molar-refractivity contribution in [2.45, 2.75) is 13.5 Å². The highest BCUT2D eigenvalue weighted by Crippen LogP contribution is 2.19. The highest BCUT2D eigenvalue weighted by Gasteiger charge is 2.10. The fourth-order valence-corrected chi connectivity index (χ4v) is 2.27. The minimum absolute atomic E-state index is 0.242. The first-order valence-electron chi connectivity index (χ1n) is 5.60. The number of carboxylic acids is 1. The molecule has 2 aromatic rings. The Labute approximate surface area is 119 Å². The van der Waals surface area contributed by atoms with E-state index < -0.39 is 5.97 Å². The second-order valence-corrected chi connectivity index (χ2v) is 4.94. The van der Waals surface area contributed by atoms with Gasteiger partial charge in [-0.25, -0.2) is 4.79 Å². The van der Waals surface area contributed by atoms with E-state index in [2.05, 4.69) is 20.9 Å². The lowest BCUT2D eigenvalue weighted by atomic mass is 10.3. The Kier molecular flexibility index (Phi) is 3.90. The summed E-state index contributed by atoms with van der Waals surface area (Å²) < 4.78 is 7.68. The minimum Gasteiger partial charge on any atom is -0.497 e. The number of aryl methyl sites for hydroxylation is 1. The Morgan fingerprint density at radius 1 is 1.47 bits per heavy atom. The van der Waals surface area contributed by atoms with Crippen LogP contribution in [0.15, 0.2) is 29.0 Å². The molecular formula is C13H13BrN2O3. The Balaban J connectivity index is 2.30. The number of halogens is 1. The SMILES string of the molecule is COc1cc(C)nc(Cn2cc(C(=O)O)cc2Br)c1. The van der Waals surface area contributed by atoms with Crippen molar-refractivity contribution < 1.29 is 14.6 Å². The lowest BCUT2D eigenvalue weighted by molar-refractivity contribution is 0.0697. The number of aromatic nitrogens is 2. The second kappa shape index (κ2) is 5.44. The van der Waals surface area contributed by atoms with Crippen LogP contribution in [-0.2, 0) is 6.54 Å². The molecule has 0 unspecified atom stereocenters. The van der Waals surface area contributed by atoms with Gasteiger partial charge in [-0.3, -0.25) is 4.98 Å². The summed E-state index contributed by atoms with van der Waals surface area (Å²) in [6, 6.07) is 5.24. The highest BCUT2D eigenvalue weighted by atomic mass is 79.9. The maximum Gasteiger partial charge on any atom is 0.337 e. The average Bonchev–Trinajstić information content (AvgIpc) is 2.70. The summed E-state index contributed by atoms with van der Waals surface area (Å²) in [6.07, 6.45) is 1.57. The van der Waals surface area contributed by atoms with Gasteiger partial charge in [0.25, 0.3) is 0 Å². The monoisotopic (exact) mass is 324 g/mol. The summed E-state index contributed by atoms with van der Waals surface area (Å²) in [6.45, 7) is 2.37. The third-order valence-corrected chi connectivity index (χ3v) is 3.32. The summed E-state index contributed by atoms with van der Waals surface area (Å²) in [5.41, 5.74) is 1.91. The largest absolute Gasteiger partial charge is 0.497 e. The maximum atomic E-state index is 10.9. The molecule has 6 heteroatoms. The van der Waals surface area contributed by atoms with E-state index in [0.717, 1.165) is 17.1 Å². The van der Waals surface area contributed by atoms with Crippen molar-refractivity contribution in [2.75, 3.05) is 7.11 Å². The van der Waals surface area contributed by atoms with E-state index in [4.69, 9.17) is 9.84 Å². The number of carbonyl (C=O) groups is 1. The van der Waals surface area contributed by atoms with E-state index in [1.807, 2.05) is 19.1 Å². The van der Waals surface area contributed by atoms with Crippen LogP contribution >= 0.6 is 15.9 Å². The van der Waals surface area contributed by atoms with Crippen molar-refractivity contribution in [2.24, 2.45) is 0 Å². The zero-order valence-electron chi connectivity index (χ0n) is 10.6. The van der Waals surface area contributed by atoms with Gasteiger partial charge in [0, 0.05) is 24.0 Å². The Morgan fingerprint density at radius 3 is 2.79 bits per heavy atom. The molecule has 0 fully saturated rings. The maximum absolute atomic E-state index is 10.9. The smallest absolute Gasteiger partial charge is 0.337 e. The van der Waals surface area contributed by atoms with Gasteiger partial charge in [0.05, 0.1) is 29.5 Å². The molecule has 0 aliphatic heterocycles. The van der Waals surface area contributed by atoms with Crippen molar-refractivity contribution in [1.29, 1.82) is 0 Å². The molecule has 100 valence electrons. The van der Waals surface area contributed by atoms with Gasteiger partial charge < -0.3 is 14.4 Å². The number of pyridine rings is 1. The molecule has 0 atom stereocenters. The van der Waals surface area contributed by atoms with Crippen molar-refractivity contribution in [3.63, 3.8) is 0 Å². The lowest BCUT2D eigenvalue weighted by Gasteiger charge is -2.08. The van der Waals surface area contributed by atoms with Crippen LogP contribution in [0.1, 0.15) is 21.7 Å². The van der Waals surface area contributed by atoms with E-state index >= 15 is 0 Å². The Bertz CT molecular complexity index is 622. The molecule has 5 nitrogen and oxygen atoms in total. The standard InChI is InChI=1S/C13H13BrN2O3/c1-8-3-11(19-2)5-10(15-8)7-16-6-9(13(17)18)4-12(16)14/h3-6H,7H2,1-2H3,(H,17,18). The third-order valence-electron chi connectivity index (χ3n) is 2.64. The van der Waals surface area contributed by atoms with E-state index in [-0.39, 0.29) is 5.56 Å². The summed E-state index contributed by atoms with van der Waals surface area (Å²) >= 11 is 3.34. The molecule has 0 radical (unpaired) electrons. The number of rotatable bonds is 4. The fraction of sp³-hybridized carbons (Fsp3) is 0.231. The van der Waals surface area contributed by atoms with Gasteiger partial charge in [0.2, 0.25) is 0 Å². The van der Waals surface area contributed by atoms with Crippen molar-refractivity contribution >= 4 is 21.9 Å². The average molecular weight is 325 g/mol. The topological polar surface area (TPSA) is 64.4 Å². The predicted octanol–water partition coefficient (Wildman–Crippen LogP) is 2.71. The Morgan fingerprint density at radius 2 is 2.21 bits per heavy atom. The normalized spacial score (nSPS) is 10.5. The first kappa shape index (κ1) is 13.6. The first-order valence-corrected chi connectivity index (χ1v) is 6.39. The van der Waals surface area contributed by atoms with E-state index in [1.165, 1.54) is 0 Å². The van der Waals surface area contributed by atoms with E-state index in [1.54, 1.807) is 23.9 Å². The van der Waals surface area contributed by atoms with Crippen LogP contribution in [0.4, 0.5) is 0 Å². The number of hydrogen-bond donors (Lipinski definition) is 1. The summed E-state index contributed by atoms with van der Waals surface area (Å²) in [4.78, 5) is 15.3. The van der Waals surface area contributed by atoms with Crippen LogP contribution in [-0.4, -0.2) is 27.7 Å². The van der Waals surface area contributed by atoms with Crippen LogP contribution in [0.2, 0.25) is 0 Å². The van der Waals surface area contributed by atoms with E-state index in [0.29, 0.717) is 11.1 Å². The number of ether oxygens (including phenoxy) is 1. The highest BCUT2D eigenvalue weighted by molar-refractivity contribution is 9.10. The van der Waals surface area contributed by atoms with Gasteiger partial charge in [0.1, 0.15) is 5.75 Å². The van der Waals surface area contributed by atoms with Gasteiger partial charge in [-0.05, 0) is 28.9 Å². The van der Waals surface area contributed by atoms with Crippen molar-refractivity contribution in [3.8, 4) is 5.75 Å². The van der Waals surface area contributed by atoms with Gasteiger partial charge in [-0.15, -0.1) is 0 Å². The van der Waals surface area contributed by atoms with Crippen LogP contribution in [0.25, 0.3) is 0 Å². The lowest BCUT2D eigenvalue weighted by Crippen LogP contribution is -2.03. The number of hydrogen-bond acceptors (Lipinski definition) is 3. The molecule has 0 bridgehead atoms. The molecule has 2 rings (SSSR count). The predicted molar refractivity (Wildman–Crippen MR) is 73.7 cm³/mol. The summed E-state index contributed by atoms with van der Waals surface area (Å²) in [5.74, 6) is -0.210. The molecule has 0 aliphatic carbocycles. The second-order valence-electron chi connectivity index (χ2n) is 4.12. The minimum atomic E-state index is -0.950. The van der Waals surface area contributed by atoms with Gasteiger partial charge >= 0.3 is 5.97 Å². The summed E-state index contributed by atoms with van der Waals surface area (Å²) in [5, 5.41) is 8.95. The Hall–Kier alpha value is -1.82. The fourth-order valence-electron chi connectivity index (χ4n) is 1.79. The van der Waals surface area contributed by atoms with Crippen LogP contribution in [0.5, 0.6) is 5.75 Å². The number of nitrogens with zero attached hydrogens (tertiary/aromatic N) is 2. The third kappa shape index (κ3) is 3.14. The molecular weight excluding hydrogens is 312 g/mol. The molecule has 1 N–H and O–H groups in total.